The predicted molar refractivity (Wildman–Crippen MR) is 86.3 cm³/mol. The van der Waals surface area contributed by atoms with Crippen LogP contribution in [0.1, 0.15) is 26.3 Å². The van der Waals surface area contributed by atoms with Gasteiger partial charge in [-0.05, 0) is 5.56 Å². The minimum atomic E-state index is -0.363. The van der Waals surface area contributed by atoms with Crippen LogP contribution in [0.25, 0.3) is 0 Å². The molecule has 0 unspecified atom stereocenters. The Hall–Kier alpha value is -2.04. The lowest BCUT2D eigenvalue weighted by Gasteiger charge is -2.37. The van der Waals surface area contributed by atoms with Crippen molar-refractivity contribution in [3.8, 4) is 0 Å². The van der Waals surface area contributed by atoms with Gasteiger partial charge in [0.1, 0.15) is 0 Å². The molecule has 1 aromatic carbocycles. The van der Waals surface area contributed by atoms with Crippen molar-refractivity contribution in [3.63, 3.8) is 0 Å². The Balaban J connectivity index is 1.79. The van der Waals surface area contributed by atoms with Crippen LogP contribution in [0.2, 0.25) is 0 Å². The molecule has 1 heterocycles. The second-order valence-electron chi connectivity index (χ2n) is 6.67. The summed E-state index contributed by atoms with van der Waals surface area (Å²) in [5.41, 5.74) is 0.718. The lowest BCUT2D eigenvalue weighted by atomic mass is 9.94. The van der Waals surface area contributed by atoms with E-state index in [4.69, 9.17) is 0 Å². The maximum atomic E-state index is 12.2. The summed E-state index contributed by atoms with van der Waals surface area (Å²) >= 11 is 0. The van der Waals surface area contributed by atoms with Gasteiger partial charge in [-0.2, -0.15) is 0 Å². The van der Waals surface area contributed by atoms with Crippen LogP contribution in [0.5, 0.6) is 0 Å². The first-order valence-corrected chi connectivity index (χ1v) is 7.74. The van der Waals surface area contributed by atoms with Gasteiger partial charge in [0, 0.05) is 38.1 Å². The number of amides is 3. The molecule has 0 aliphatic carbocycles. The molecule has 1 aliphatic rings. The molecule has 1 aromatic rings. The summed E-state index contributed by atoms with van der Waals surface area (Å²) in [6.45, 7) is 8.69. The zero-order chi connectivity index (χ0) is 16.2. The third kappa shape index (κ3) is 4.23. The van der Waals surface area contributed by atoms with Crippen LogP contribution in [-0.4, -0.2) is 47.9 Å². The fourth-order valence-electron chi connectivity index (χ4n) is 2.47. The monoisotopic (exact) mass is 303 g/mol. The predicted octanol–water partition coefficient (Wildman–Crippen LogP) is 2.09. The van der Waals surface area contributed by atoms with E-state index in [-0.39, 0.29) is 17.4 Å². The molecule has 5 nitrogen and oxygen atoms in total. The van der Waals surface area contributed by atoms with E-state index in [1.54, 1.807) is 4.90 Å². The van der Waals surface area contributed by atoms with E-state index < -0.39 is 0 Å². The van der Waals surface area contributed by atoms with Gasteiger partial charge in [0.05, 0.1) is 0 Å². The fraction of sp³-hybridized carbons (Fsp3) is 0.529. The van der Waals surface area contributed by atoms with Crippen molar-refractivity contribution in [1.82, 2.24) is 15.1 Å². The number of urea groups is 1. The molecule has 0 saturated carbocycles. The zero-order valence-corrected chi connectivity index (χ0v) is 13.6. The number of benzene rings is 1. The number of nitrogens with one attached hydrogen (secondary N) is 1. The van der Waals surface area contributed by atoms with Crippen LogP contribution >= 0.6 is 0 Å². The summed E-state index contributed by atoms with van der Waals surface area (Å²) in [4.78, 5) is 28.0. The molecule has 1 aliphatic heterocycles. The first-order valence-electron chi connectivity index (χ1n) is 7.74. The van der Waals surface area contributed by atoms with Gasteiger partial charge in [0.2, 0.25) is 5.91 Å². The smallest absolute Gasteiger partial charge is 0.317 e. The Morgan fingerprint density at radius 1 is 1.00 bits per heavy atom. The highest BCUT2D eigenvalue weighted by Gasteiger charge is 2.30. The van der Waals surface area contributed by atoms with Crippen LogP contribution in [0, 0.1) is 5.41 Å². The van der Waals surface area contributed by atoms with Crippen LogP contribution in [0.15, 0.2) is 30.3 Å². The van der Waals surface area contributed by atoms with Gasteiger partial charge in [-0.15, -0.1) is 0 Å². The van der Waals surface area contributed by atoms with Gasteiger partial charge in [0.25, 0.3) is 0 Å². The molecule has 5 heteroatoms. The molecule has 0 bridgehead atoms. The number of nitrogens with zero attached hydrogens (tertiary/aromatic N) is 2. The second-order valence-corrected chi connectivity index (χ2v) is 6.67. The summed E-state index contributed by atoms with van der Waals surface area (Å²) in [6, 6.07) is 9.78. The highest BCUT2D eigenvalue weighted by Crippen LogP contribution is 2.18. The Bertz CT molecular complexity index is 514. The number of hydrogen-bond acceptors (Lipinski definition) is 2. The van der Waals surface area contributed by atoms with Gasteiger partial charge in [0.15, 0.2) is 0 Å². The summed E-state index contributed by atoms with van der Waals surface area (Å²) in [7, 11) is 0. The van der Waals surface area contributed by atoms with E-state index in [2.05, 4.69) is 5.32 Å². The van der Waals surface area contributed by atoms with Crippen molar-refractivity contribution in [3.05, 3.63) is 35.9 Å². The third-order valence-electron chi connectivity index (χ3n) is 3.78. The molecular formula is C17H25N3O2. The second kappa shape index (κ2) is 6.81. The Morgan fingerprint density at radius 2 is 1.55 bits per heavy atom. The molecule has 2 rings (SSSR count). The van der Waals surface area contributed by atoms with Crippen LogP contribution < -0.4 is 5.32 Å². The number of carbonyl (C=O) groups excluding carboxylic acids is 2. The van der Waals surface area contributed by atoms with E-state index in [1.807, 2.05) is 56.0 Å². The van der Waals surface area contributed by atoms with Crippen molar-refractivity contribution in [2.75, 3.05) is 26.2 Å². The van der Waals surface area contributed by atoms with Gasteiger partial charge < -0.3 is 15.1 Å². The normalized spacial score (nSPS) is 15.6. The summed E-state index contributed by atoms with van der Waals surface area (Å²) < 4.78 is 0. The Kier molecular flexibility index (Phi) is 5.06. The standard InChI is InChI=1S/C17H25N3O2/c1-17(2,3)15(21)19-9-11-20(12-10-19)16(22)18-13-14-7-5-4-6-8-14/h4-8H,9-13H2,1-3H3,(H,18,22). The van der Waals surface area contributed by atoms with Crippen LogP contribution in [0.3, 0.4) is 0 Å². The molecular weight excluding hydrogens is 278 g/mol. The highest BCUT2D eigenvalue weighted by atomic mass is 16.2. The first kappa shape index (κ1) is 16.3. The van der Waals surface area contributed by atoms with Crippen LogP contribution in [0.4, 0.5) is 4.79 Å². The van der Waals surface area contributed by atoms with Crippen molar-refractivity contribution in [2.45, 2.75) is 27.3 Å². The molecule has 0 radical (unpaired) electrons. The van der Waals surface area contributed by atoms with E-state index >= 15 is 0 Å². The molecule has 0 spiro atoms. The molecule has 0 aromatic heterocycles. The van der Waals surface area contributed by atoms with Crippen molar-refractivity contribution in [2.24, 2.45) is 5.41 Å². The SMILES string of the molecule is CC(C)(C)C(=O)N1CCN(C(=O)NCc2ccccc2)CC1. The number of carbonyl (C=O) groups is 2. The maximum Gasteiger partial charge on any atom is 0.317 e. The number of piperazine rings is 1. The molecule has 1 saturated heterocycles. The Labute approximate surface area is 132 Å². The van der Waals surface area contributed by atoms with E-state index in [0.29, 0.717) is 32.7 Å². The molecule has 120 valence electrons. The first-order chi connectivity index (χ1) is 10.4. The van der Waals surface area contributed by atoms with Crippen molar-refractivity contribution < 1.29 is 9.59 Å². The quantitative estimate of drug-likeness (QED) is 0.909. The number of rotatable bonds is 2. The van der Waals surface area contributed by atoms with E-state index in [1.165, 1.54) is 0 Å². The molecule has 3 amide bonds. The van der Waals surface area contributed by atoms with Gasteiger partial charge in [-0.1, -0.05) is 51.1 Å². The minimum absolute atomic E-state index is 0.0632. The lowest BCUT2D eigenvalue weighted by Crippen LogP contribution is -2.54. The topological polar surface area (TPSA) is 52.7 Å². The van der Waals surface area contributed by atoms with E-state index in [0.717, 1.165) is 5.56 Å². The zero-order valence-electron chi connectivity index (χ0n) is 13.6. The van der Waals surface area contributed by atoms with Gasteiger partial charge >= 0.3 is 6.03 Å². The number of hydrogen-bond donors (Lipinski definition) is 1. The summed E-state index contributed by atoms with van der Waals surface area (Å²) in [6.07, 6.45) is 0. The molecule has 22 heavy (non-hydrogen) atoms. The minimum Gasteiger partial charge on any atom is -0.339 e. The average molecular weight is 303 g/mol. The van der Waals surface area contributed by atoms with E-state index in [9.17, 15) is 9.59 Å². The summed E-state index contributed by atoms with van der Waals surface area (Å²) in [5.74, 6) is 0.150. The average Bonchev–Trinajstić information content (AvgIpc) is 2.52. The van der Waals surface area contributed by atoms with Crippen molar-refractivity contribution in [1.29, 1.82) is 0 Å². The largest absolute Gasteiger partial charge is 0.339 e. The van der Waals surface area contributed by atoms with Crippen molar-refractivity contribution >= 4 is 11.9 Å². The highest BCUT2D eigenvalue weighted by molar-refractivity contribution is 5.82. The van der Waals surface area contributed by atoms with Gasteiger partial charge in [-0.25, -0.2) is 4.79 Å². The maximum absolute atomic E-state index is 12.2. The van der Waals surface area contributed by atoms with Crippen LogP contribution in [-0.2, 0) is 11.3 Å². The fourth-order valence-corrected chi connectivity index (χ4v) is 2.47. The Morgan fingerprint density at radius 3 is 2.09 bits per heavy atom. The molecule has 1 fully saturated rings. The third-order valence-corrected chi connectivity index (χ3v) is 3.78. The lowest BCUT2D eigenvalue weighted by molar-refractivity contribution is -0.140. The molecule has 1 N–H and O–H groups in total. The van der Waals surface area contributed by atoms with Gasteiger partial charge in [-0.3, -0.25) is 4.79 Å². The molecule has 0 atom stereocenters. The summed E-state index contributed by atoms with van der Waals surface area (Å²) in [5, 5.41) is 2.93.